The molecule has 0 saturated carbocycles. The van der Waals surface area contributed by atoms with Crippen molar-refractivity contribution >= 4 is 0 Å². The molecule has 0 aliphatic rings. The highest BCUT2D eigenvalue weighted by Gasteiger charge is 2.69. The van der Waals surface area contributed by atoms with E-state index in [2.05, 4.69) is 6.58 Å². The molecular formula is C6H4F8. The fraction of sp³-hybridized carbons (Fsp3) is 0.667. The van der Waals surface area contributed by atoms with Crippen molar-refractivity contribution in [2.45, 2.75) is 24.2 Å². The minimum Gasteiger partial charge on any atom is -0.233 e. The van der Waals surface area contributed by atoms with E-state index < -0.39 is 30.3 Å². The molecule has 0 rings (SSSR count). The summed E-state index contributed by atoms with van der Waals surface area (Å²) in [5.74, 6) is -11.0. The molecule has 0 aliphatic carbocycles. The zero-order valence-electron chi connectivity index (χ0n) is 6.39. The van der Waals surface area contributed by atoms with Crippen molar-refractivity contribution in [1.82, 2.24) is 0 Å². The van der Waals surface area contributed by atoms with E-state index in [9.17, 15) is 35.1 Å². The highest BCUT2D eigenvalue weighted by molar-refractivity contribution is 5.01. The van der Waals surface area contributed by atoms with E-state index >= 15 is 0 Å². The molecule has 0 nitrogen and oxygen atoms in total. The minimum absolute atomic E-state index is 0.600. The predicted molar refractivity (Wildman–Crippen MR) is 31.0 cm³/mol. The molecule has 0 radical (unpaired) electrons. The van der Waals surface area contributed by atoms with Gasteiger partial charge in [-0.1, -0.05) is 6.58 Å². The van der Waals surface area contributed by atoms with Crippen molar-refractivity contribution in [1.29, 1.82) is 0 Å². The first-order valence-electron chi connectivity index (χ1n) is 3.07. The molecular weight excluding hydrogens is 224 g/mol. The van der Waals surface area contributed by atoms with E-state index in [-0.39, 0.29) is 0 Å². The average Bonchev–Trinajstić information content (AvgIpc) is 2.01. The maximum Gasteiger partial charge on any atom is 0.456 e. The zero-order chi connectivity index (χ0) is 11.8. The summed E-state index contributed by atoms with van der Waals surface area (Å²) in [6, 6.07) is 0. The van der Waals surface area contributed by atoms with Gasteiger partial charge in [0, 0.05) is 0 Å². The molecule has 0 aromatic heterocycles. The summed E-state index contributed by atoms with van der Waals surface area (Å²) in [4.78, 5) is 0. The van der Waals surface area contributed by atoms with Crippen molar-refractivity contribution in [2.24, 2.45) is 0 Å². The second kappa shape index (κ2) is 3.39. The smallest absolute Gasteiger partial charge is 0.233 e. The van der Waals surface area contributed by atoms with Crippen LogP contribution in [0.5, 0.6) is 0 Å². The fourth-order valence-corrected chi connectivity index (χ4v) is 0.489. The first-order chi connectivity index (χ1) is 5.97. The zero-order valence-corrected chi connectivity index (χ0v) is 6.39. The van der Waals surface area contributed by atoms with Crippen LogP contribution >= 0.6 is 0 Å². The number of halogens is 8. The standard InChI is InChI=1S/C6H4F8/c1-2-4(8,9)3(7)5(10,11)6(12,13)14/h2-3H,1H2. The van der Waals surface area contributed by atoms with Crippen molar-refractivity contribution < 1.29 is 35.1 Å². The van der Waals surface area contributed by atoms with Gasteiger partial charge in [0.1, 0.15) is 0 Å². The number of rotatable bonds is 3. The second-order valence-electron chi connectivity index (χ2n) is 2.36. The molecule has 0 saturated heterocycles. The van der Waals surface area contributed by atoms with Crippen LogP contribution in [0.2, 0.25) is 0 Å². The molecule has 0 fully saturated rings. The van der Waals surface area contributed by atoms with Crippen molar-refractivity contribution in [3.8, 4) is 0 Å². The average molecular weight is 228 g/mol. The third kappa shape index (κ3) is 2.16. The summed E-state index contributed by atoms with van der Waals surface area (Å²) < 4.78 is 94.5. The number of hydrogen-bond acceptors (Lipinski definition) is 0. The van der Waals surface area contributed by atoms with Crippen LogP contribution in [0, 0.1) is 0 Å². The van der Waals surface area contributed by atoms with Gasteiger partial charge >= 0.3 is 18.0 Å². The normalized spacial score (nSPS) is 16.6. The molecule has 84 valence electrons. The fourth-order valence-electron chi connectivity index (χ4n) is 0.489. The van der Waals surface area contributed by atoms with E-state index in [4.69, 9.17) is 0 Å². The van der Waals surface area contributed by atoms with Crippen LogP contribution in [0.1, 0.15) is 0 Å². The quantitative estimate of drug-likeness (QED) is 0.513. The molecule has 0 aromatic rings. The predicted octanol–water partition coefficient (Wildman–Crippen LogP) is 3.34. The Morgan fingerprint density at radius 1 is 0.929 bits per heavy atom. The van der Waals surface area contributed by atoms with Crippen LogP contribution in [0.3, 0.4) is 0 Å². The molecule has 0 bridgehead atoms. The monoisotopic (exact) mass is 228 g/mol. The lowest BCUT2D eigenvalue weighted by Crippen LogP contribution is -2.52. The van der Waals surface area contributed by atoms with Gasteiger partial charge in [0.25, 0.3) is 0 Å². The van der Waals surface area contributed by atoms with E-state index in [0.29, 0.717) is 0 Å². The van der Waals surface area contributed by atoms with E-state index in [1.54, 1.807) is 0 Å². The third-order valence-corrected chi connectivity index (χ3v) is 1.31. The molecule has 0 aromatic carbocycles. The number of alkyl halides is 8. The van der Waals surface area contributed by atoms with E-state index in [1.165, 1.54) is 0 Å². The Morgan fingerprint density at radius 2 is 1.29 bits per heavy atom. The van der Waals surface area contributed by atoms with Gasteiger partial charge in [0.05, 0.1) is 0 Å². The molecule has 0 aliphatic heterocycles. The first-order valence-corrected chi connectivity index (χ1v) is 3.07. The number of allylic oxidation sites excluding steroid dienone is 1. The lowest BCUT2D eigenvalue weighted by atomic mass is 10.1. The van der Waals surface area contributed by atoms with Gasteiger partial charge in [-0.25, -0.2) is 4.39 Å². The molecule has 8 heteroatoms. The van der Waals surface area contributed by atoms with Crippen LogP contribution in [0.15, 0.2) is 12.7 Å². The Labute approximate surface area is 73.2 Å². The van der Waals surface area contributed by atoms with Gasteiger partial charge in [0.2, 0.25) is 6.17 Å². The largest absolute Gasteiger partial charge is 0.456 e. The van der Waals surface area contributed by atoms with Crippen molar-refractivity contribution in [2.75, 3.05) is 0 Å². The summed E-state index contributed by atoms with van der Waals surface area (Å²) in [7, 11) is 0. The van der Waals surface area contributed by atoms with Gasteiger partial charge in [-0.15, -0.1) is 0 Å². The Balaban J connectivity index is 5.03. The van der Waals surface area contributed by atoms with E-state index in [0.717, 1.165) is 0 Å². The van der Waals surface area contributed by atoms with Crippen LogP contribution in [-0.2, 0) is 0 Å². The van der Waals surface area contributed by atoms with Crippen LogP contribution in [0.4, 0.5) is 35.1 Å². The van der Waals surface area contributed by atoms with Gasteiger partial charge in [-0.2, -0.15) is 30.7 Å². The first kappa shape index (κ1) is 13.2. The van der Waals surface area contributed by atoms with Gasteiger partial charge in [-0.05, 0) is 6.08 Å². The highest BCUT2D eigenvalue weighted by Crippen LogP contribution is 2.44. The Bertz CT molecular complexity index is 214. The minimum atomic E-state index is -6.36. The summed E-state index contributed by atoms with van der Waals surface area (Å²) in [5.41, 5.74) is 0. The Kier molecular flexibility index (Phi) is 3.19. The molecule has 14 heavy (non-hydrogen) atoms. The molecule has 0 N–H and O–H groups in total. The highest BCUT2D eigenvalue weighted by atomic mass is 19.4. The molecule has 1 atom stereocenters. The van der Waals surface area contributed by atoms with Crippen molar-refractivity contribution in [3.63, 3.8) is 0 Å². The summed E-state index contributed by atoms with van der Waals surface area (Å²) in [6.07, 6.45) is -11.6. The molecule has 0 heterocycles. The Morgan fingerprint density at radius 3 is 1.50 bits per heavy atom. The maximum atomic E-state index is 12.2. The van der Waals surface area contributed by atoms with Crippen molar-refractivity contribution in [3.05, 3.63) is 12.7 Å². The maximum absolute atomic E-state index is 12.2. The van der Waals surface area contributed by atoms with Crippen LogP contribution in [-0.4, -0.2) is 24.2 Å². The lowest BCUT2D eigenvalue weighted by Gasteiger charge is -2.26. The second-order valence-corrected chi connectivity index (χ2v) is 2.36. The van der Waals surface area contributed by atoms with Crippen LogP contribution in [0.25, 0.3) is 0 Å². The van der Waals surface area contributed by atoms with Gasteiger partial charge < -0.3 is 0 Å². The Hall–Kier alpha value is -0.820. The summed E-state index contributed by atoms with van der Waals surface area (Å²) in [5, 5.41) is 0. The van der Waals surface area contributed by atoms with Gasteiger partial charge in [-0.3, -0.25) is 0 Å². The van der Waals surface area contributed by atoms with Gasteiger partial charge in [0.15, 0.2) is 0 Å². The summed E-state index contributed by atoms with van der Waals surface area (Å²) >= 11 is 0. The third-order valence-electron chi connectivity index (χ3n) is 1.31. The molecule has 1 unspecified atom stereocenters. The lowest BCUT2D eigenvalue weighted by molar-refractivity contribution is -0.322. The molecule has 0 spiro atoms. The topological polar surface area (TPSA) is 0 Å². The number of hydrogen-bond donors (Lipinski definition) is 0. The molecule has 0 amide bonds. The summed E-state index contributed by atoms with van der Waals surface area (Å²) in [6.45, 7) is 2.26. The SMILES string of the molecule is C=CC(F)(F)C(F)C(F)(F)C(F)(F)F. The van der Waals surface area contributed by atoms with E-state index in [1.807, 2.05) is 0 Å². The van der Waals surface area contributed by atoms with Crippen LogP contribution < -0.4 is 0 Å².